The minimum atomic E-state index is -0.171. The molecule has 2 atom stereocenters. The first kappa shape index (κ1) is 15.9. The Kier molecular flexibility index (Phi) is 5.23. The molecule has 2 N–H and O–H groups in total. The van der Waals surface area contributed by atoms with Crippen molar-refractivity contribution in [3.63, 3.8) is 0 Å². The summed E-state index contributed by atoms with van der Waals surface area (Å²) in [7, 11) is 0. The average Bonchev–Trinajstić information content (AvgIpc) is 2.80. The second-order valence-electron chi connectivity index (χ2n) is 5.94. The maximum Gasteiger partial charge on any atom is 0.0910 e. The van der Waals surface area contributed by atoms with Gasteiger partial charge in [-0.25, -0.2) is 0 Å². The second kappa shape index (κ2) is 6.56. The van der Waals surface area contributed by atoms with Crippen LogP contribution in [0, 0.1) is 0 Å². The zero-order valence-corrected chi connectivity index (χ0v) is 14.3. The van der Waals surface area contributed by atoms with Crippen LogP contribution >= 0.6 is 15.9 Å². The average molecular weight is 345 g/mol. The summed E-state index contributed by atoms with van der Waals surface area (Å²) in [6.45, 7) is 11.2. The van der Waals surface area contributed by atoms with Crippen LogP contribution in [0.4, 0.5) is 0 Å². The fourth-order valence-electron chi connectivity index (χ4n) is 2.63. The molecule has 1 aliphatic heterocycles. The lowest BCUT2D eigenvalue weighted by Crippen LogP contribution is -2.49. The molecule has 0 amide bonds. The molecule has 2 rings (SSSR count). The standard InChI is InChI=1S/C14H25BrN4O/c1-9(2)18-5-6-20-12(8-18)13(16)14-11(15)7-17-19(14)10(3)4/h7,9-10,12-13H,5-6,8,16H2,1-4H3. The maximum atomic E-state index is 6.47. The molecule has 2 unspecified atom stereocenters. The van der Waals surface area contributed by atoms with Crippen LogP contribution in [0.25, 0.3) is 0 Å². The fourth-order valence-corrected chi connectivity index (χ4v) is 3.17. The molecular formula is C14H25BrN4O. The lowest BCUT2D eigenvalue weighted by molar-refractivity contribution is -0.0515. The van der Waals surface area contributed by atoms with Gasteiger partial charge in [0.25, 0.3) is 0 Å². The molecule has 0 aliphatic carbocycles. The van der Waals surface area contributed by atoms with E-state index in [1.54, 1.807) is 0 Å². The summed E-state index contributed by atoms with van der Waals surface area (Å²) in [4.78, 5) is 2.41. The van der Waals surface area contributed by atoms with E-state index in [9.17, 15) is 0 Å². The van der Waals surface area contributed by atoms with Crippen molar-refractivity contribution in [3.8, 4) is 0 Å². The number of hydrogen-bond acceptors (Lipinski definition) is 4. The molecule has 1 aromatic rings. The number of hydrogen-bond donors (Lipinski definition) is 1. The summed E-state index contributed by atoms with van der Waals surface area (Å²) in [5, 5.41) is 4.41. The number of aromatic nitrogens is 2. The van der Waals surface area contributed by atoms with Crippen molar-refractivity contribution >= 4 is 15.9 Å². The van der Waals surface area contributed by atoms with Crippen LogP contribution in [0.3, 0.4) is 0 Å². The van der Waals surface area contributed by atoms with E-state index in [0.717, 1.165) is 29.9 Å². The van der Waals surface area contributed by atoms with Crippen LogP contribution in [-0.4, -0.2) is 46.5 Å². The van der Waals surface area contributed by atoms with Crippen molar-refractivity contribution < 1.29 is 4.74 Å². The first-order valence-corrected chi connectivity index (χ1v) is 8.05. The van der Waals surface area contributed by atoms with Gasteiger partial charge in [-0.1, -0.05) is 0 Å². The Hall–Kier alpha value is -0.430. The van der Waals surface area contributed by atoms with Crippen LogP contribution in [0.15, 0.2) is 10.7 Å². The van der Waals surface area contributed by atoms with E-state index in [1.165, 1.54) is 0 Å². The lowest BCUT2D eigenvalue weighted by Gasteiger charge is -2.38. The summed E-state index contributed by atoms with van der Waals surface area (Å²) in [5.41, 5.74) is 7.50. The highest BCUT2D eigenvalue weighted by Crippen LogP contribution is 2.29. The third-order valence-corrected chi connectivity index (χ3v) is 4.46. The van der Waals surface area contributed by atoms with Crippen molar-refractivity contribution in [2.24, 2.45) is 5.73 Å². The first-order chi connectivity index (χ1) is 9.41. The molecule has 5 nitrogen and oxygen atoms in total. The summed E-state index contributed by atoms with van der Waals surface area (Å²) < 4.78 is 8.85. The molecule has 1 aromatic heterocycles. The predicted octanol–water partition coefficient (Wildman–Crippen LogP) is 2.34. The highest BCUT2D eigenvalue weighted by atomic mass is 79.9. The van der Waals surface area contributed by atoms with Gasteiger partial charge in [-0.15, -0.1) is 0 Å². The van der Waals surface area contributed by atoms with Gasteiger partial charge in [0.15, 0.2) is 0 Å². The van der Waals surface area contributed by atoms with Crippen molar-refractivity contribution in [2.45, 2.75) is 51.9 Å². The number of rotatable bonds is 4. The Labute approximate surface area is 129 Å². The Balaban J connectivity index is 2.18. The van der Waals surface area contributed by atoms with Crippen LogP contribution in [0.1, 0.15) is 45.5 Å². The van der Waals surface area contributed by atoms with Crippen molar-refractivity contribution in [3.05, 3.63) is 16.4 Å². The summed E-state index contributed by atoms with van der Waals surface area (Å²) in [5.74, 6) is 0. The quantitative estimate of drug-likeness (QED) is 0.910. The Morgan fingerprint density at radius 3 is 2.65 bits per heavy atom. The van der Waals surface area contributed by atoms with Gasteiger partial charge in [0.2, 0.25) is 0 Å². The van der Waals surface area contributed by atoms with Gasteiger partial charge in [0, 0.05) is 25.2 Å². The molecule has 1 aliphatic rings. The first-order valence-electron chi connectivity index (χ1n) is 7.26. The molecule has 1 saturated heterocycles. The summed E-state index contributed by atoms with van der Waals surface area (Å²) in [6, 6.07) is 0.634. The van der Waals surface area contributed by atoms with Crippen LogP contribution in [-0.2, 0) is 4.74 Å². The lowest BCUT2D eigenvalue weighted by atomic mass is 10.1. The molecule has 2 heterocycles. The highest BCUT2D eigenvalue weighted by molar-refractivity contribution is 9.10. The SMILES string of the molecule is CC(C)N1CCOC(C(N)c2c(Br)cnn2C(C)C)C1. The molecular weight excluding hydrogens is 320 g/mol. The van der Waals surface area contributed by atoms with Gasteiger partial charge < -0.3 is 10.5 Å². The third-order valence-electron chi connectivity index (χ3n) is 3.85. The van der Waals surface area contributed by atoms with Gasteiger partial charge >= 0.3 is 0 Å². The number of morpholine rings is 1. The Morgan fingerprint density at radius 2 is 2.05 bits per heavy atom. The van der Waals surface area contributed by atoms with Gasteiger partial charge in [0.05, 0.1) is 35.1 Å². The van der Waals surface area contributed by atoms with E-state index < -0.39 is 0 Å². The Morgan fingerprint density at radius 1 is 1.35 bits per heavy atom. The minimum Gasteiger partial charge on any atom is -0.374 e. The number of nitrogens with zero attached hydrogens (tertiary/aromatic N) is 3. The van der Waals surface area contributed by atoms with Crippen molar-refractivity contribution in [2.75, 3.05) is 19.7 Å². The van der Waals surface area contributed by atoms with Crippen molar-refractivity contribution in [1.82, 2.24) is 14.7 Å². The monoisotopic (exact) mass is 344 g/mol. The molecule has 0 spiro atoms. The fraction of sp³-hybridized carbons (Fsp3) is 0.786. The van der Waals surface area contributed by atoms with Gasteiger partial charge in [-0.3, -0.25) is 9.58 Å². The topological polar surface area (TPSA) is 56.3 Å². The van der Waals surface area contributed by atoms with E-state index in [2.05, 4.69) is 53.6 Å². The summed E-state index contributed by atoms with van der Waals surface area (Å²) >= 11 is 3.56. The highest BCUT2D eigenvalue weighted by Gasteiger charge is 2.31. The van der Waals surface area contributed by atoms with Crippen LogP contribution < -0.4 is 5.73 Å². The van der Waals surface area contributed by atoms with Crippen LogP contribution in [0.2, 0.25) is 0 Å². The number of ether oxygens (including phenoxy) is 1. The molecule has 0 bridgehead atoms. The smallest absolute Gasteiger partial charge is 0.0910 e. The molecule has 0 radical (unpaired) electrons. The maximum absolute atomic E-state index is 6.47. The third kappa shape index (κ3) is 3.24. The predicted molar refractivity (Wildman–Crippen MR) is 83.7 cm³/mol. The largest absolute Gasteiger partial charge is 0.374 e. The molecule has 0 aromatic carbocycles. The molecule has 0 saturated carbocycles. The van der Waals surface area contributed by atoms with E-state index in [0.29, 0.717) is 6.04 Å². The molecule has 6 heteroatoms. The number of nitrogens with two attached hydrogens (primary N) is 1. The van der Waals surface area contributed by atoms with E-state index in [4.69, 9.17) is 10.5 Å². The van der Waals surface area contributed by atoms with Gasteiger partial charge in [-0.2, -0.15) is 5.10 Å². The van der Waals surface area contributed by atoms with E-state index in [-0.39, 0.29) is 18.2 Å². The van der Waals surface area contributed by atoms with Crippen molar-refractivity contribution in [1.29, 1.82) is 0 Å². The van der Waals surface area contributed by atoms with E-state index in [1.807, 2.05) is 10.9 Å². The molecule has 1 fully saturated rings. The zero-order valence-electron chi connectivity index (χ0n) is 12.7. The van der Waals surface area contributed by atoms with Gasteiger partial charge in [-0.05, 0) is 43.6 Å². The number of halogens is 1. The Bertz CT molecular complexity index is 446. The van der Waals surface area contributed by atoms with E-state index >= 15 is 0 Å². The zero-order chi connectivity index (χ0) is 14.9. The van der Waals surface area contributed by atoms with Gasteiger partial charge in [0.1, 0.15) is 0 Å². The summed E-state index contributed by atoms with van der Waals surface area (Å²) in [6.07, 6.45) is 1.83. The normalized spacial score (nSPS) is 22.7. The molecule has 114 valence electrons. The minimum absolute atomic E-state index is 0.0108. The molecule has 20 heavy (non-hydrogen) atoms. The second-order valence-corrected chi connectivity index (χ2v) is 6.79. The van der Waals surface area contributed by atoms with Crippen LogP contribution in [0.5, 0.6) is 0 Å².